The number of rotatable bonds is 13. The van der Waals surface area contributed by atoms with Gasteiger partial charge in [0.15, 0.2) is 0 Å². The first-order valence-electron chi connectivity index (χ1n) is 20.7. The Hall–Kier alpha value is -8.22. The molecule has 0 saturated carbocycles. The fraction of sp³-hybridized carbons (Fsp3) is 0.0526. The fourth-order valence-electron chi connectivity index (χ4n) is 7.65. The average Bonchev–Trinajstić information content (AvgIpc) is 3.32. The number of hydrogen-bond donors (Lipinski definition) is 0. The summed E-state index contributed by atoms with van der Waals surface area (Å²) in [7, 11) is 0. The number of benzene rings is 8. The standard InChI is InChI=1S/C57H46N2O4/c1-6-56(60)62-52-31-19-44(20-32-52)42-15-27-50(28-16-42)58(48-11-9-8-10-12-48)54-35-23-46(37-40(54)4)47-24-36-55(41(5)38-47)59(49-25-13-39(3)14-26-49)51-29-17-43(18-30-51)45-21-33-53(34-22-45)63-57(61)7-2/h6-38H,1-2H2,3-5H3. The molecular weight excluding hydrogens is 777 g/mol. The van der Waals surface area contributed by atoms with E-state index in [2.05, 4.69) is 177 Å². The van der Waals surface area contributed by atoms with E-state index in [1.54, 1.807) is 24.3 Å². The van der Waals surface area contributed by atoms with Crippen LogP contribution in [0.5, 0.6) is 11.5 Å². The van der Waals surface area contributed by atoms with E-state index in [0.29, 0.717) is 11.5 Å². The van der Waals surface area contributed by atoms with Crippen molar-refractivity contribution < 1.29 is 19.1 Å². The summed E-state index contributed by atoms with van der Waals surface area (Å²) in [6.45, 7) is 13.4. The summed E-state index contributed by atoms with van der Waals surface area (Å²) in [6.07, 6.45) is 2.31. The molecular formula is C57H46N2O4. The summed E-state index contributed by atoms with van der Waals surface area (Å²) in [6, 6.07) is 64.4. The summed E-state index contributed by atoms with van der Waals surface area (Å²) < 4.78 is 10.5. The van der Waals surface area contributed by atoms with Gasteiger partial charge in [-0.15, -0.1) is 0 Å². The first-order chi connectivity index (χ1) is 30.7. The molecule has 6 heteroatoms. The Morgan fingerprint density at radius 2 is 0.714 bits per heavy atom. The lowest BCUT2D eigenvalue weighted by Gasteiger charge is -2.28. The third kappa shape index (κ3) is 9.41. The minimum absolute atomic E-state index is 0.476. The first kappa shape index (κ1) is 41.5. The highest BCUT2D eigenvalue weighted by molar-refractivity contribution is 5.86. The molecule has 8 rings (SSSR count). The van der Waals surface area contributed by atoms with Crippen molar-refractivity contribution in [2.24, 2.45) is 0 Å². The van der Waals surface area contributed by atoms with Crippen LogP contribution in [-0.4, -0.2) is 11.9 Å². The molecule has 0 N–H and O–H groups in total. The van der Waals surface area contributed by atoms with E-state index in [9.17, 15) is 9.59 Å². The van der Waals surface area contributed by atoms with E-state index in [1.165, 1.54) is 5.56 Å². The first-order valence-corrected chi connectivity index (χ1v) is 20.7. The van der Waals surface area contributed by atoms with Crippen molar-refractivity contribution in [3.05, 3.63) is 230 Å². The van der Waals surface area contributed by atoms with Crippen LogP contribution in [0.25, 0.3) is 33.4 Å². The zero-order valence-electron chi connectivity index (χ0n) is 35.5. The minimum Gasteiger partial charge on any atom is -0.423 e. The lowest BCUT2D eigenvalue weighted by atomic mass is 9.98. The summed E-state index contributed by atoms with van der Waals surface area (Å²) >= 11 is 0. The maximum Gasteiger partial charge on any atom is 0.335 e. The van der Waals surface area contributed by atoms with Crippen LogP contribution in [0.15, 0.2) is 213 Å². The van der Waals surface area contributed by atoms with E-state index >= 15 is 0 Å². The number of carbonyl (C=O) groups is 2. The van der Waals surface area contributed by atoms with Gasteiger partial charge in [0.25, 0.3) is 0 Å². The molecule has 0 amide bonds. The molecule has 308 valence electrons. The smallest absolute Gasteiger partial charge is 0.335 e. The van der Waals surface area contributed by atoms with Gasteiger partial charge in [0.1, 0.15) is 11.5 Å². The lowest BCUT2D eigenvalue weighted by molar-refractivity contribution is -0.129. The van der Waals surface area contributed by atoms with Crippen LogP contribution in [-0.2, 0) is 9.59 Å². The summed E-state index contributed by atoms with van der Waals surface area (Å²) in [5, 5.41) is 0. The molecule has 8 aromatic rings. The summed E-state index contributed by atoms with van der Waals surface area (Å²) in [5.74, 6) is -0.0170. The topological polar surface area (TPSA) is 59.1 Å². The number of hydrogen-bond acceptors (Lipinski definition) is 6. The Balaban J connectivity index is 1.07. The second-order valence-corrected chi connectivity index (χ2v) is 15.2. The van der Waals surface area contributed by atoms with Crippen LogP contribution in [0.3, 0.4) is 0 Å². The van der Waals surface area contributed by atoms with Gasteiger partial charge in [-0.1, -0.05) is 110 Å². The quantitative estimate of drug-likeness (QED) is 0.0656. The molecule has 6 nitrogen and oxygen atoms in total. The predicted octanol–water partition coefficient (Wildman–Crippen LogP) is 14.7. The zero-order chi connectivity index (χ0) is 43.9. The van der Waals surface area contributed by atoms with Gasteiger partial charge in [-0.2, -0.15) is 0 Å². The van der Waals surface area contributed by atoms with Crippen LogP contribution in [0, 0.1) is 20.8 Å². The number of ether oxygens (including phenoxy) is 2. The molecule has 0 saturated heterocycles. The molecule has 0 bridgehead atoms. The predicted molar refractivity (Wildman–Crippen MR) is 258 cm³/mol. The number of para-hydroxylation sites is 1. The van der Waals surface area contributed by atoms with E-state index < -0.39 is 11.9 Å². The van der Waals surface area contributed by atoms with E-state index in [1.807, 2.05) is 30.3 Å². The van der Waals surface area contributed by atoms with Crippen LogP contribution in [0.1, 0.15) is 16.7 Å². The highest BCUT2D eigenvalue weighted by Crippen LogP contribution is 2.42. The third-order valence-corrected chi connectivity index (χ3v) is 10.9. The van der Waals surface area contributed by atoms with Gasteiger partial charge in [-0.25, -0.2) is 9.59 Å². The third-order valence-electron chi connectivity index (χ3n) is 10.9. The molecule has 0 heterocycles. The Morgan fingerprint density at radius 1 is 0.397 bits per heavy atom. The molecule has 0 radical (unpaired) electrons. The molecule has 0 aromatic heterocycles. The maximum absolute atomic E-state index is 11.7. The molecule has 8 aromatic carbocycles. The number of aryl methyl sites for hydroxylation is 3. The van der Waals surface area contributed by atoms with Gasteiger partial charge >= 0.3 is 11.9 Å². The maximum atomic E-state index is 11.7. The molecule has 0 aliphatic carbocycles. The van der Waals surface area contributed by atoms with Gasteiger partial charge in [-0.05, 0) is 162 Å². The average molecular weight is 823 g/mol. The number of nitrogens with zero attached hydrogens (tertiary/aromatic N) is 2. The number of anilines is 6. The van der Waals surface area contributed by atoms with E-state index in [0.717, 1.165) is 90.8 Å². The van der Waals surface area contributed by atoms with Gasteiger partial charge in [0, 0.05) is 46.3 Å². The minimum atomic E-state index is -0.484. The number of carbonyl (C=O) groups excluding carboxylic acids is 2. The fourth-order valence-corrected chi connectivity index (χ4v) is 7.65. The molecule has 0 spiro atoms. The Bertz CT molecular complexity index is 2900. The monoisotopic (exact) mass is 822 g/mol. The SMILES string of the molecule is C=CC(=O)Oc1ccc(-c2ccc(N(c3ccccc3)c3ccc(-c4ccc(N(c5ccc(C)cc5)c5ccc(-c6ccc(OC(=O)C=C)cc6)cc5)c(C)c4)cc3C)cc2)cc1. The van der Waals surface area contributed by atoms with Crippen LogP contribution >= 0.6 is 0 Å². The van der Waals surface area contributed by atoms with Crippen molar-refractivity contribution in [2.75, 3.05) is 9.80 Å². The Morgan fingerprint density at radius 3 is 1.06 bits per heavy atom. The van der Waals surface area contributed by atoms with Gasteiger partial charge in [-0.3, -0.25) is 0 Å². The summed E-state index contributed by atoms with van der Waals surface area (Å²) in [5.41, 5.74) is 16.2. The zero-order valence-corrected chi connectivity index (χ0v) is 35.5. The van der Waals surface area contributed by atoms with Crippen molar-refractivity contribution in [2.45, 2.75) is 20.8 Å². The largest absolute Gasteiger partial charge is 0.423 e. The molecule has 0 unspecified atom stereocenters. The van der Waals surface area contributed by atoms with Crippen LogP contribution in [0.4, 0.5) is 34.1 Å². The molecule has 0 aliphatic rings. The van der Waals surface area contributed by atoms with Crippen molar-refractivity contribution in [3.63, 3.8) is 0 Å². The molecule has 63 heavy (non-hydrogen) atoms. The normalized spacial score (nSPS) is 10.7. The molecule has 0 aliphatic heterocycles. The van der Waals surface area contributed by atoms with Crippen molar-refractivity contribution in [1.29, 1.82) is 0 Å². The Labute approximate surface area is 369 Å². The van der Waals surface area contributed by atoms with Crippen molar-refractivity contribution in [1.82, 2.24) is 0 Å². The van der Waals surface area contributed by atoms with Crippen molar-refractivity contribution >= 4 is 46.1 Å². The molecule has 0 fully saturated rings. The highest BCUT2D eigenvalue weighted by atomic mass is 16.5. The van der Waals surface area contributed by atoms with Gasteiger partial charge in [0.2, 0.25) is 0 Å². The summed E-state index contributed by atoms with van der Waals surface area (Å²) in [4.78, 5) is 27.9. The Kier molecular flexibility index (Phi) is 12.2. The second-order valence-electron chi connectivity index (χ2n) is 15.2. The molecule has 0 atom stereocenters. The van der Waals surface area contributed by atoms with Crippen LogP contribution in [0.2, 0.25) is 0 Å². The van der Waals surface area contributed by atoms with Gasteiger partial charge < -0.3 is 19.3 Å². The van der Waals surface area contributed by atoms with E-state index in [-0.39, 0.29) is 0 Å². The second kappa shape index (κ2) is 18.6. The lowest BCUT2D eigenvalue weighted by Crippen LogP contribution is -2.11. The van der Waals surface area contributed by atoms with Gasteiger partial charge in [0.05, 0.1) is 0 Å². The van der Waals surface area contributed by atoms with Crippen LogP contribution < -0.4 is 19.3 Å². The highest BCUT2D eigenvalue weighted by Gasteiger charge is 2.18. The van der Waals surface area contributed by atoms with Crippen molar-refractivity contribution in [3.8, 4) is 44.9 Å². The number of esters is 2. The van der Waals surface area contributed by atoms with E-state index in [4.69, 9.17) is 9.47 Å².